The zero-order valence-corrected chi connectivity index (χ0v) is 20.3. The first-order valence-electron chi connectivity index (χ1n) is 12.0. The van der Waals surface area contributed by atoms with Crippen molar-refractivity contribution in [2.75, 3.05) is 46.4 Å². The Kier molecular flexibility index (Phi) is 7.08. The number of nitrogens with zero attached hydrogens (tertiary/aromatic N) is 4. The topological polar surface area (TPSA) is 58.0 Å². The second-order valence-electron chi connectivity index (χ2n) is 9.32. The summed E-state index contributed by atoms with van der Waals surface area (Å²) in [5, 5.41) is 0. The van der Waals surface area contributed by atoms with Crippen LogP contribution >= 0.6 is 0 Å². The van der Waals surface area contributed by atoms with Crippen molar-refractivity contribution in [3.05, 3.63) is 47.3 Å². The summed E-state index contributed by atoms with van der Waals surface area (Å²) in [4.78, 5) is 32.2. The fraction of sp³-hybridized carbons (Fsp3) is 0.538. The number of carbonyl (C=O) groups is 2. The minimum Gasteiger partial charge on any atom is -0.497 e. The molecule has 1 aromatic heterocycles. The molecule has 2 aliphatic rings. The summed E-state index contributed by atoms with van der Waals surface area (Å²) in [6.45, 7) is 10.3. The van der Waals surface area contributed by atoms with Gasteiger partial charge in [0.15, 0.2) is 0 Å². The molecule has 1 unspecified atom stereocenters. The lowest BCUT2D eigenvalue weighted by atomic mass is 10.0. The average Bonchev–Trinajstić information content (AvgIpc) is 3.13. The Labute approximate surface area is 196 Å². The number of aryl methyl sites for hydroxylation is 1. The van der Waals surface area contributed by atoms with Crippen LogP contribution in [0.2, 0.25) is 0 Å². The third-order valence-corrected chi connectivity index (χ3v) is 7.13. The van der Waals surface area contributed by atoms with Gasteiger partial charge in [-0.25, -0.2) is 0 Å². The van der Waals surface area contributed by atoms with Crippen LogP contribution in [0.4, 0.5) is 0 Å². The fourth-order valence-electron chi connectivity index (χ4n) is 5.14. The Hall–Kier alpha value is -2.80. The van der Waals surface area contributed by atoms with Gasteiger partial charge in [0, 0.05) is 55.8 Å². The van der Waals surface area contributed by atoms with Gasteiger partial charge >= 0.3 is 0 Å². The van der Waals surface area contributed by atoms with Gasteiger partial charge in [0.25, 0.3) is 5.91 Å². The number of hydrogen-bond acceptors (Lipinski definition) is 4. The summed E-state index contributed by atoms with van der Waals surface area (Å²) in [6, 6.07) is 10.2. The average molecular weight is 453 g/mol. The van der Waals surface area contributed by atoms with Gasteiger partial charge in [0.1, 0.15) is 5.75 Å². The number of rotatable bonds is 5. The van der Waals surface area contributed by atoms with E-state index in [1.807, 2.05) is 54.0 Å². The van der Waals surface area contributed by atoms with Gasteiger partial charge in [-0.1, -0.05) is 0 Å². The zero-order valence-electron chi connectivity index (χ0n) is 20.3. The lowest BCUT2D eigenvalue weighted by molar-refractivity contribution is -0.136. The second kappa shape index (κ2) is 10.00. The molecule has 33 heavy (non-hydrogen) atoms. The van der Waals surface area contributed by atoms with Crippen molar-refractivity contribution in [3.8, 4) is 11.4 Å². The Morgan fingerprint density at radius 1 is 1.00 bits per heavy atom. The lowest BCUT2D eigenvalue weighted by Gasteiger charge is -2.38. The molecule has 1 atom stereocenters. The zero-order chi connectivity index (χ0) is 23.5. The van der Waals surface area contributed by atoms with Crippen LogP contribution in [0.3, 0.4) is 0 Å². The minimum atomic E-state index is 0.0680. The van der Waals surface area contributed by atoms with E-state index >= 15 is 0 Å². The van der Waals surface area contributed by atoms with Crippen LogP contribution in [0.1, 0.15) is 47.9 Å². The normalized spacial score (nSPS) is 19.6. The molecule has 7 nitrogen and oxygen atoms in total. The van der Waals surface area contributed by atoms with Crippen molar-refractivity contribution in [2.45, 2.75) is 46.1 Å². The van der Waals surface area contributed by atoms with E-state index in [2.05, 4.69) is 16.4 Å². The molecule has 178 valence electrons. The van der Waals surface area contributed by atoms with Gasteiger partial charge in [-0.2, -0.15) is 0 Å². The molecule has 0 spiro atoms. The molecular weight excluding hydrogens is 416 g/mol. The number of likely N-dealkylation sites (tertiary alicyclic amines) is 1. The molecule has 0 N–H and O–H groups in total. The highest BCUT2D eigenvalue weighted by molar-refractivity contribution is 5.96. The number of amides is 2. The quantitative estimate of drug-likeness (QED) is 0.699. The number of hydrogen-bond donors (Lipinski definition) is 0. The van der Waals surface area contributed by atoms with E-state index in [4.69, 9.17) is 4.74 Å². The van der Waals surface area contributed by atoms with E-state index in [0.717, 1.165) is 60.9 Å². The molecule has 2 aromatic rings. The van der Waals surface area contributed by atoms with Crippen LogP contribution < -0.4 is 4.74 Å². The van der Waals surface area contributed by atoms with Crippen LogP contribution in [-0.2, 0) is 4.79 Å². The summed E-state index contributed by atoms with van der Waals surface area (Å²) in [6.07, 6.45) is 3.42. The number of aromatic nitrogens is 1. The third kappa shape index (κ3) is 4.93. The molecule has 0 bridgehead atoms. The van der Waals surface area contributed by atoms with Crippen molar-refractivity contribution in [1.82, 2.24) is 19.3 Å². The van der Waals surface area contributed by atoms with Gasteiger partial charge in [-0.05, 0) is 70.4 Å². The number of piperidine rings is 1. The van der Waals surface area contributed by atoms with E-state index in [1.165, 1.54) is 6.42 Å². The summed E-state index contributed by atoms with van der Waals surface area (Å²) in [7, 11) is 1.65. The van der Waals surface area contributed by atoms with Crippen LogP contribution in [0.5, 0.6) is 5.75 Å². The highest BCUT2D eigenvalue weighted by Crippen LogP contribution is 2.24. The Morgan fingerprint density at radius 3 is 2.33 bits per heavy atom. The van der Waals surface area contributed by atoms with Crippen molar-refractivity contribution >= 4 is 11.8 Å². The Morgan fingerprint density at radius 2 is 1.70 bits per heavy atom. The van der Waals surface area contributed by atoms with Gasteiger partial charge < -0.3 is 19.1 Å². The molecule has 1 aromatic carbocycles. The van der Waals surface area contributed by atoms with Crippen LogP contribution in [-0.4, -0.2) is 83.5 Å². The standard InChI is InChI=1S/C26H36N4O3/c1-19-7-5-6-12-29(19)25(31)18-27-13-15-28(16-14-27)26(32)24-17-20(2)30(21(24)3)22-8-10-23(33-4)11-9-22/h8-11,17,19H,5-7,12-16,18H2,1-4H3. The molecule has 3 heterocycles. The van der Waals surface area contributed by atoms with Crippen molar-refractivity contribution in [1.29, 1.82) is 0 Å². The molecular formula is C26H36N4O3. The van der Waals surface area contributed by atoms with E-state index in [1.54, 1.807) is 7.11 Å². The number of methoxy groups -OCH3 is 1. The lowest BCUT2D eigenvalue weighted by Crippen LogP contribution is -2.53. The number of piperazine rings is 1. The molecule has 2 aliphatic heterocycles. The van der Waals surface area contributed by atoms with Gasteiger partial charge in [0.2, 0.25) is 5.91 Å². The van der Waals surface area contributed by atoms with E-state index in [0.29, 0.717) is 25.7 Å². The third-order valence-electron chi connectivity index (χ3n) is 7.13. The summed E-state index contributed by atoms with van der Waals surface area (Å²) < 4.78 is 7.38. The molecule has 2 amide bonds. The van der Waals surface area contributed by atoms with Crippen molar-refractivity contribution in [2.24, 2.45) is 0 Å². The second-order valence-corrected chi connectivity index (χ2v) is 9.32. The smallest absolute Gasteiger partial charge is 0.255 e. The number of carbonyl (C=O) groups excluding carboxylic acids is 2. The maximum absolute atomic E-state index is 13.3. The van der Waals surface area contributed by atoms with Crippen LogP contribution in [0, 0.1) is 13.8 Å². The van der Waals surface area contributed by atoms with E-state index in [-0.39, 0.29) is 11.8 Å². The Balaban J connectivity index is 1.38. The largest absolute Gasteiger partial charge is 0.497 e. The number of benzene rings is 1. The summed E-state index contributed by atoms with van der Waals surface area (Å²) in [5.41, 5.74) is 3.73. The molecule has 4 rings (SSSR count). The van der Waals surface area contributed by atoms with Gasteiger partial charge in [-0.15, -0.1) is 0 Å². The van der Waals surface area contributed by atoms with E-state index < -0.39 is 0 Å². The van der Waals surface area contributed by atoms with Gasteiger partial charge in [-0.3, -0.25) is 14.5 Å². The molecule has 0 saturated carbocycles. The van der Waals surface area contributed by atoms with Crippen molar-refractivity contribution < 1.29 is 14.3 Å². The fourth-order valence-corrected chi connectivity index (χ4v) is 5.14. The first-order chi connectivity index (χ1) is 15.9. The summed E-state index contributed by atoms with van der Waals surface area (Å²) >= 11 is 0. The molecule has 0 radical (unpaired) electrons. The van der Waals surface area contributed by atoms with Crippen LogP contribution in [0.15, 0.2) is 30.3 Å². The summed E-state index contributed by atoms with van der Waals surface area (Å²) in [5.74, 6) is 1.10. The highest BCUT2D eigenvalue weighted by atomic mass is 16.5. The van der Waals surface area contributed by atoms with Crippen LogP contribution in [0.25, 0.3) is 5.69 Å². The first kappa shape index (κ1) is 23.4. The maximum Gasteiger partial charge on any atom is 0.255 e. The minimum absolute atomic E-state index is 0.0680. The first-order valence-corrected chi connectivity index (χ1v) is 12.0. The van der Waals surface area contributed by atoms with E-state index in [9.17, 15) is 9.59 Å². The van der Waals surface area contributed by atoms with Crippen molar-refractivity contribution in [3.63, 3.8) is 0 Å². The highest BCUT2D eigenvalue weighted by Gasteiger charge is 2.29. The monoisotopic (exact) mass is 452 g/mol. The predicted molar refractivity (Wildman–Crippen MR) is 129 cm³/mol. The predicted octanol–water partition coefficient (Wildman–Crippen LogP) is 3.26. The maximum atomic E-state index is 13.3. The molecule has 0 aliphatic carbocycles. The Bertz CT molecular complexity index is 990. The van der Waals surface area contributed by atoms with Gasteiger partial charge in [0.05, 0.1) is 19.2 Å². The molecule has 2 fully saturated rings. The molecule has 2 saturated heterocycles. The number of ether oxygens (including phenoxy) is 1. The SMILES string of the molecule is COc1ccc(-n2c(C)cc(C(=O)N3CCN(CC(=O)N4CCCCC4C)CC3)c2C)cc1. The molecule has 7 heteroatoms.